The molecule has 1 aliphatic carbocycles. The van der Waals surface area contributed by atoms with Gasteiger partial charge in [0.05, 0.1) is 0 Å². The van der Waals surface area contributed by atoms with Gasteiger partial charge in [-0.05, 0) is 37.8 Å². The molecule has 0 aliphatic heterocycles. The van der Waals surface area contributed by atoms with Crippen LogP contribution in [0.1, 0.15) is 44.6 Å². The molecule has 0 aromatic heterocycles. The van der Waals surface area contributed by atoms with E-state index in [0.29, 0.717) is 0 Å². The van der Waals surface area contributed by atoms with Crippen LogP contribution in [0.3, 0.4) is 0 Å². The van der Waals surface area contributed by atoms with E-state index in [9.17, 15) is 4.39 Å². The lowest BCUT2D eigenvalue weighted by atomic mass is 9.78. The third kappa shape index (κ3) is 3.34. The topological polar surface area (TPSA) is 32.3 Å². The van der Waals surface area contributed by atoms with Crippen LogP contribution in [0.2, 0.25) is 0 Å². The molecule has 2 rings (SSSR count). The van der Waals surface area contributed by atoms with Crippen LogP contribution >= 0.6 is 0 Å². The quantitative estimate of drug-likeness (QED) is 0.828. The molecule has 19 heavy (non-hydrogen) atoms. The maximum Gasteiger partial charge on any atom is 0.127 e. The Morgan fingerprint density at radius 2 is 2.00 bits per heavy atom. The van der Waals surface area contributed by atoms with Crippen LogP contribution in [0.5, 0.6) is 0 Å². The SMILES string of the molecule is C[C@H](CCO)NCC1(c2ccccc2F)CCCC1. The molecule has 1 fully saturated rings. The van der Waals surface area contributed by atoms with E-state index in [4.69, 9.17) is 5.11 Å². The molecule has 0 spiro atoms. The second-order valence-corrected chi connectivity index (χ2v) is 5.76. The zero-order valence-corrected chi connectivity index (χ0v) is 11.7. The summed E-state index contributed by atoms with van der Waals surface area (Å²) in [7, 11) is 0. The molecule has 0 radical (unpaired) electrons. The second-order valence-electron chi connectivity index (χ2n) is 5.76. The molecule has 1 saturated carbocycles. The van der Waals surface area contributed by atoms with Gasteiger partial charge >= 0.3 is 0 Å². The van der Waals surface area contributed by atoms with Gasteiger partial charge in [0, 0.05) is 24.6 Å². The van der Waals surface area contributed by atoms with Crippen LogP contribution in [0.25, 0.3) is 0 Å². The molecule has 106 valence electrons. The van der Waals surface area contributed by atoms with Crippen molar-refractivity contribution in [1.82, 2.24) is 5.32 Å². The Labute approximate surface area is 115 Å². The first kappa shape index (κ1) is 14.5. The predicted octanol–water partition coefficient (Wildman–Crippen LogP) is 3.00. The third-order valence-electron chi connectivity index (χ3n) is 4.36. The van der Waals surface area contributed by atoms with Gasteiger partial charge in [0.2, 0.25) is 0 Å². The second kappa shape index (κ2) is 6.49. The molecule has 0 heterocycles. The van der Waals surface area contributed by atoms with Gasteiger partial charge in [-0.3, -0.25) is 0 Å². The summed E-state index contributed by atoms with van der Waals surface area (Å²) in [6.07, 6.45) is 5.18. The summed E-state index contributed by atoms with van der Waals surface area (Å²) in [5.74, 6) is -0.0824. The van der Waals surface area contributed by atoms with Crippen molar-refractivity contribution in [1.29, 1.82) is 0 Å². The standard InChI is InChI=1S/C16H24FNO/c1-13(8-11-19)18-12-16(9-4-5-10-16)14-6-2-3-7-15(14)17/h2-3,6-7,13,18-19H,4-5,8-12H2,1H3/t13-/m1/s1. The lowest BCUT2D eigenvalue weighted by molar-refractivity contribution is 0.261. The molecule has 1 aromatic rings. The normalized spacial score (nSPS) is 19.5. The van der Waals surface area contributed by atoms with Crippen molar-refractivity contribution in [2.75, 3.05) is 13.2 Å². The van der Waals surface area contributed by atoms with Crippen molar-refractivity contribution in [2.24, 2.45) is 0 Å². The van der Waals surface area contributed by atoms with E-state index in [1.807, 2.05) is 12.1 Å². The van der Waals surface area contributed by atoms with Crippen LogP contribution < -0.4 is 5.32 Å². The summed E-state index contributed by atoms with van der Waals surface area (Å²) in [5.41, 5.74) is 0.797. The first-order valence-electron chi connectivity index (χ1n) is 7.27. The van der Waals surface area contributed by atoms with E-state index in [0.717, 1.165) is 31.4 Å². The Hall–Kier alpha value is -0.930. The number of hydrogen-bond acceptors (Lipinski definition) is 2. The molecule has 0 saturated heterocycles. The van der Waals surface area contributed by atoms with Crippen molar-refractivity contribution in [2.45, 2.75) is 50.5 Å². The molecule has 1 aromatic carbocycles. The van der Waals surface area contributed by atoms with Crippen LogP contribution in [0.4, 0.5) is 4.39 Å². The fourth-order valence-electron chi connectivity index (χ4n) is 3.15. The van der Waals surface area contributed by atoms with Crippen molar-refractivity contribution >= 4 is 0 Å². The Morgan fingerprint density at radius 1 is 1.32 bits per heavy atom. The molecule has 1 aliphatic rings. The van der Waals surface area contributed by atoms with E-state index >= 15 is 0 Å². The highest BCUT2D eigenvalue weighted by atomic mass is 19.1. The van der Waals surface area contributed by atoms with Gasteiger partial charge in [-0.2, -0.15) is 0 Å². The number of halogens is 1. The molecule has 1 atom stereocenters. The van der Waals surface area contributed by atoms with E-state index in [1.54, 1.807) is 12.1 Å². The molecule has 2 N–H and O–H groups in total. The first-order chi connectivity index (χ1) is 9.18. The summed E-state index contributed by atoms with van der Waals surface area (Å²) in [4.78, 5) is 0. The van der Waals surface area contributed by atoms with Crippen molar-refractivity contribution in [3.63, 3.8) is 0 Å². The monoisotopic (exact) mass is 265 g/mol. The number of nitrogens with one attached hydrogen (secondary N) is 1. The summed E-state index contributed by atoms with van der Waals surface area (Å²) in [6.45, 7) is 3.07. The fraction of sp³-hybridized carbons (Fsp3) is 0.625. The number of aliphatic hydroxyl groups is 1. The van der Waals surface area contributed by atoms with Crippen LogP contribution in [0.15, 0.2) is 24.3 Å². The smallest absolute Gasteiger partial charge is 0.127 e. The average molecular weight is 265 g/mol. The zero-order valence-electron chi connectivity index (χ0n) is 11.7. The molecule has 3 heteroatoms. The van der Waals surface area contributed by atoms with Crippen LogP contribution in [-0.4, -0.2) is 24.3 Å². The van der Waals surface area contributed by atoms with Crippen LogP contribution in [-0.2, 0) is 5.41 Å². The average Bonchev–Trinajstić information content (AvgIpc) is 2.87. The zero-order chi connectivity index (χ0) is 13.7. The number of aliphatic hydroxyl groups excluding tert-OH is 1. The van der Waals surface area contributed by atoms with Gasteiger partial charge in [0.1, 0.15) is 5.82 Å². The van der Waals surface area contributed by atoms with Crippen molar-refractivity contribution < 1.29 is 9.50 Å². The van der Waals surface area contributed by atoms with E-state index in [-0.39, 0.29) is 23.9 Å². The fourth-order valence-corrected chi connectivity index (χ4v) is 3.15. The molecule has 0 unspecified atom stereocenters. The number of benzene rings is 1. The third-order valence-corrected chi connectivity index (χ3v) is 4.36. The Kier molecular flexibility index (Phi) is 4.94. The minimum atomic E-state index is -0.0824. The van der Waals surface area contributed by atoms with Gasteiger partial charge in [-0.15, -0.1) is 0 Å². The van der Waals surface area contributed by atoms with Crippen molar-refractivity contribution in [3.8, 4) is 0 Å². The van der Waals surface area contributed by atoms with Gasteiger partial charge in [0.15, 0.2) is 0 Å². The largest absolute Gasteiger partial charge is 0.396 e. The van der Waals surface area contributed by atoms with Crippen molar-refractivity contribution in [3.05, 3.63) is 35.6 Å². The maximum atomic E-state index is 14.1. The highest BCUT2D eigenvalue weighted by molar-refractivity contribution is 5.29. The van der Waals surface area contributed by atoms with E-state index in [1.165, 1.54) is 12.8 Å². The number of rotatable bonds is 6. The van der Waals surface area contributed by atoms with E-state index in [2.05, 4.69) is 12.2 Å². The Bertz CT molecular complexity index is 401. The first-order valence-corrected chi connectivity index (χ1v) is 7.27. The molecular weight excluding hydrogens is 241 g/mol. The predicted molar refractivity (Wildman–Crippen MR) is 75.7 cm³/mol. The van der Waals surface area contributed by atoms with Gasteiger partial charge in [-0.1, -0.05) is 31.0 Å². The molecule has 2 nitrogen and oxygen atoms in total. The lowest BCUT2D eigenvalue weighted by Crippen LogP contribution is -2.40. The molecule has 0 amide bonds. The molecular formula is C16H24FNO. The minimum Gasteiger partial charge on any atom is -0.396 e. The highest BCUT2D eigenvalue weighted by Gasteiger charge is 2.37. The Morgan fingerprint density at radius 3 is 2.63 bits per heavy atom. The maximum absolute atomic E-state index is 14.1. The van der Waals surface area contributed by atoms with E-state index < -0.39 is 0 Å². The van der Waals surface area contributed by atoms with Gasteiger partial charge < -0.3 is 10.4 Å². The lowest BCUT2D eigenvalue weighted by Gasteiger charge is -2.32. The molecule has 0 bridgehead atoms. The summed E-state index contributed by atoms with van der Waals surface area (Å²) in [5, 5.41) is 12.4. The van der Waals surface area contributed by atoms with Gasteiger partial charge in [0.25, 0.3) is 0 Å². The number of hydrogen-bond donors (Lipinski definition) is 2. The summed E-state index contributed by atoms with van der Waals surface area (Å²) >= 11 is 0. The highest BCUT2D eigenvalue weighted by Crippen LogP contribution is 2.41. The summed E-state index contributed by atoms with van der Waals surface area (Å²) < 4.78 is 14.1. The Balaban J connectivity index is 2.12. The van der Waals surface area contributed by atoms with Crippen LogP contribution in [0, 0.1) is 5.82 Å². The summed E-state index contributed by atoms with van der Waals surface area (Å²) in [6, 6.07) is 7.44. The minimum absolute atomic E-state index is 0.0605. The van der Waals surface area contributed by atoms with Gasteiger partial charge in [-0.25, -0.2) is 4.39 Å².